The quantitative estimate of drug-likeness (QED) is 0.606. The van der Waals surface area contributed by atoms with Gasteiger partial charge in [0.15, 0.2) is 5.65 Å². The molecule has 0 amide bonds. The molecule has 3 unspecified atom stereocenters. The molecule has 166 valence electrons. The lowest BCUT2D eigenvalue weighted by atomic mass is 10.1. The van der Waals surface area contributed by atoms with Gasteiger partial charge in [0.1, 0.15) is 29.9 Å². The minimum atomic E-state index is -0.284. The number of rotatable bonds is 5. The van der Waals surface area contributed by atoms with Crippen LogP contribution in [-0.2, 0) is 14.2 Å². The summed E-state index contributed by atoms with van der Waals surface area (Å²) < 4.78 is 20.7. The van der Waals surface area contributed by atoms with Crippen molar-refractivity contribution in [3.05, 3.63) is 37.1 Å². The van der Waals surface area contributed by atoms with Crippen LogP contribution in [0.25, 0.3) is 22.6 Å². The SMILES string of the molecule is CC(C)(C)OCC1OC(n2cnc3c(-c4ccccn4)ncnc32)CC1OC(C)(C)C. The predicted octanol–water partition coefficient (Wildman–Crippen LogP) is 4.17. The lowest BCUT2D eigenvalue weighted by molar-refractivity contribution is -0.132. The Balaban J connectivity index is 1.63. The second-order valence-corrected chi connectivity index (χ2v) is 9.82. The summed E-state index contributed by atoms with van der Waals surface area (Å²) in [6, 6.07) is 5.73. The molecule has 1 saturated heterocycles. The Morgan fingerprint density at radius 1 is 1.03 bits per heavy atom. The van der Waals surface area contributed by atoms with Gasteiger partial charge in [-0.2, -0.15) is 0 Å². The highest BCUT2D eigenvalue weighted by Gasteiger charge is 2.40. The van der Waals surface area contributed by atoms with Gasteiger partial charge >= 0.3 is 0 Å². The van der Waals surface area contributed by atoms with Crippen LogP contribution in [0, 0.1) is 0 Å². The summed E-state index contributed by atoms with van der Waals surface area (Å²) in [5, 5.41) is 0. The molecular formula is C23H31N5O3. The zero-order valence-electron chi connectivity index (χ0n) is 19.1. The Labute approximate surface area is 183 Å². The van der Waals surface area contributed by atoms with E-state index < -0.39 is 0 Å². The van der Waals surface area contributed by atoms with Gasteiger partial charge in [0.2, 0.25) is 0 Å². The third-order valence-electron chi connectivity index (χ3n) is 4.94. The van der Waals surface area contributed by atoms with Crippen molar-refractivity contribution in [2.24, 2.45) is 0 Å². The molecule has 0 saturated carbocycles. The molecule has 31 heavy (non-hydrogen) atoms. The molecule has 0 spiro atoms. The molecule has 1 aliphatic rings. The lowest BCUT2D eigenvalue weighted by Gasteiger charge is -2.29. The van der Waals surface area contributed by atoms with E-state index in [2.05, 4.69) is 40.7 Å². The van der Waals surface area contributed by atoms with E-state index in [1.165, 1.54) is 0 Å². The second kappa shape index (κ2) is 8.26. The monoisotopic (exact) mass is 425 g/mol. The molecule has 4 rings (SSSR count). The summed E-state index contributed by atoms with van der Waals surface area (Å²) in [6.07, 6.45) is 5.20. The fourth-order valence-corrected chi connectivity index (χ4v) is 3.68. The van der Waals surface area contributed by atoms with Crippen LogP contribution in [0.15, 0.2) is 37.1 Å². The zero-order valence-corrected chi connectivity index (χ0v) is 19.1. The van der Waals surface area contributed by atoms with Crippen molar-refractivity contribution in [3.63, 3.8) is 0 Å². The average molecular weight is 426 g/mol. The Bertz CT molecular complexity index is 1020. The van der Waals surface area contributed by atoms with Crippen molar-refractivity contribution in [1.29, 1.82) is 0 Å². The van der Waals surface area contributed by atoms with Gasteiger partial charge in [-0.05, 0) is 53.7 Å². The number of fused-ring (bicyclic) bond motifs is 1. The molecule has 0 aliphatic carbocycles. The van der Waals surface area contributed by atoms with Crippen LogP contribution < -0.4 is 0 Å². The Morgan fingerprint density at radius 2 is 1.84 bits per heavy atom. The van der Waals surface area contributed by atoms with Crippen molar-refractivity contribution in [2.45, 2.75) is 77.6 Å². The third kappa shape index (κ3) is 5.08. The van der Waals surface area contributed by atoms with E-state index in [0.29, 0.717) is 29.9 Å². The van der Waals surface area contributed by atoms with Gasteiger partial charge in [-0.1, -0.05) is 6.07 Å². The van der Waals surface area contributed by atoms with E-state index >= 15 is 0 Å². The molecule has 3 atom stereocenters. The van der Waals surface area contributed by atoms with E-state index in [4.69, 9.17) is 14.2 Å². The van der Waals surface area contributed by atoms with Crippen LogP contribution in [0.1, 0.15) is 54.2 Å². The van der Waals surface area contributed by atoms with Crippen LogP contribution in [0.3, 0.4) is 0 Å². The highest BCUT2D eigenvalue weighted by atomic mass is 16.6. The van der Waals surface area contributed by atoms with E-state index in [0.717, 1.165) is 5.69 Å². The first kappa shape index (κ1) is 21.8. The van der Waals surface area contributed by atoms with Crippen molar-refractivity contribution >= 4 is 11.2 Å². The van der Waals surface area contributed by atoms with Gasteiger partial charge in [0, 0.05) is 12.6 Å². The number of ether oxygens (including phenoxy) is 3. The minimum absolute atomic E-state index is 0.0955. The molecule has 3 aromatic heterocycles. The molecule has 0 bridgehead atoms. The molecule has 1 fully saturated rings. The van der Waals surface area contributed by atoms with Crippen LogP contribution in [0.2, 0.25) is 0 Å². The minimum Gasteiger partial charge on any atom is -0.373 e. The van der Waals surface area contributed by atoms with Crippen LogP contribution >= 0.6 is 0 Å². The molecule has 0 N–H and O–H groups in total. The molecule has 1 aliphatic heterocycles. The number of imidazole rings is 1. The largest absolute Gasteiger partial charge is 0.373 e. The fraction of sp³-hybridized carbons (Fsp3) is 0.565. The third-order valence-corrected chi connectivity index (χ3v) is 4.94. The van der Waals surface area contributed by atoms with Crippen molar-refractivity contribution < 1.29 is 14.2 Å². The zero-order chi connectivity index (χ0) is 22.2. The van der Waals surface area contributed by atoms with Gasteiger partial charge in [-0.25, -0.2) is 15.0 Å². The standard InChI is InChI=1S/C23H31N5O3/c1-22(2,3)29-12-17-16(31-23(4,5)6)11-18(30-17)28-14-27-20-19(25-13-26-21(20)28)15-9-7-8-10-24-15/h7-10,13-14,16-18H,11-12H2,1-6H3. The van der Waals surface area contributed by atoms with E-state index in [1.54, 1.807) is 18.9 Å². The Kier molecular flexibility index (Phi) is 5.81. The van der Waals surface area contributed by atoms with E-state index in [9.17, 15) is 0 Å². The summed E-state index contributed by atoms with van der Waals surface area (Å²) >= 11 is 0. The summed E-state index contributed by atoms with van der Waals surface area (Å²) in [7, 11) is 0. The molecule has 0 aromatic carbocycles. The van der Waals surface area contributed by atoms with Gasteiger partial charge in [0.05, 0.1) is 35.9 Å². The molecule has 3 aromatic rings. The highest BCUT2D eigenvalue weighted by Crippen LogP contribution is 2.36. The van der Waals surface area contributed by atoms with Crippen LogP contribution in [0.4, 0.5) is 0 Å². The van der Waals surface area contributed by atoms with Crippen molar-refractivity contribution in [1.82, 2.24) is 24.5 Å². The van der Waals surface area contributed by atoms with Crippen molar-refractivity contribution in [2.75, 3.05) is 6.61 Å². The maximum atomic E-state index is 6.41. The number of hydrogen-bond donors (Lipinski definition) is 0. The summed E-state index contributed by atoms with van der Waals surface area (Å²) in [5.74, 6) is 0. The maximum Gasteiger partial charge on any atom is 0.166 e. The lowest BCUT2D eigenvalue weighted by Crippen LogP contribution is -2.37. The van der Waals surface area contributed by atoms with Gasteiger partial charge in [-0.3, -0.25) is 9.55 Å². The maximum absolute atomic E-state index is 6.41. The average Bonchev–Trinajstić information content (AvgIpc) is 3.29. The number of pyridine rings is 1. The van der Waals surface area contributed by atoms with Crippen LogP contribution in [0.5, 0.6) is 0 Å². The normalized spacial score (nSPS) is 22.3. The summed E-state index contributed by atoms with van der Waals surface area (Å²) in [6.45, 7) is 12.7. The van der Waals surface area contributed by atoms with E-state index in [1.807, 2.05) is 43.5 Å². The first-order valence-corrected chi connectivity index (χ1v) is 10.7. The number of aromatic nitrogens is 5. The van der Waals surface area contributed by atoms with Crippen LogP contribution in [-0.4, -0.2) is 54.5 Å². The molecule has 8 nitrogen and oxygen atoms in total. The molecular weight excluding hydrogens is 394 g/mol. The van der Waals surface area contributed by atoms with E-state index in [-0.39, 0.29) is 29.6 Å². The number of nitrogens with zero attached hydrogens (tertiary/aromatic N) is 5. The first-order valence-electron chi connectivity index (χ1n) is 10.7. The first-order chi connectivity index (χ1) is 14.6. The number of hydrogen-bond acceptors (Lipinski definition) is 7. The molecule has 0 radical (unpaired) electrons. The predicted molar refractivity (Wildman–Crippen MR) is 117 cm³/mol. The van der Waals surface area contributed by atoms with Crippen molar-refractivity contribution in [3.8, 4) is 11.4 Å². The Morgan fingerprint density at radius 3 is 2.52 bits per heavy atom. The van der Waals surface area contributed by atoms with Gasteiger partial charge in [0.25, 0.3) is 0 Å². The highest BCUT2D eigenvalue weighted by molar-refractivity contribution is 5.85. The molecule has 8 heteroatoms. The second-order valence-electron chi connectivity index (χ2n) is 9.82. The Hall–Kier alpha value is -2.42. The fourth-order valence-electron chi connectivity index (χ4n) is 3.68. The molecule has 4 heterocycles. The summed E-state index contributed by atoms with van der Waals surface area (Å²) in [5.41, 5.74) is 2.35. The smallest absolute Gasteiger partial charge is 0.166 e. The summed E-state index contributed by atoms with van der Waals surface area (Å²) in [4.78, 5) is 17.9. The topological polar surface area (TPSA) is 84.2 Å². The van der Waals surface area contributed by atoms with Gasteiger partial charge in [-0.15, -0.1) is 0 Å². The van der Waals surface area contributed by atoms with Gasteiger partial charge < -0.3 is 14.2 Å².